The maximum Gasteiger partial charge on any atom is 0.0109 e. The number of hydrogen-bond donors (Lipinski definition) is 2. The minimum Gasteiger partial charge on any atom is -0.394 e. The number of nitrogens with two attached hydrogens (primary N) is 1. The molecule has 1 saturated carbocycles. The molecule has 0 radical (unpaired) electrons. The van der Waals surface area contributed by atoms with Gasteiger partial charge in [0.25, 0.3) is 0 Å². The summed E-state index contributed by atoms with van der Waals surface area (Å²) in [6.07, 6.45) is 5.22. The van der Waals surface area contributed by atoms with E-state index < -0.39 is 0 Å². The van der Waals surface area contributed by atoms with Gasteiger partial charge in [-0.25, -0.2) is 0 Å². The van der Waals surface area contributed by atoms with Crippen LogP contribution in [0, 0.1) is 5.92 Å². The summed E-state index contributed by atoms with van der Waals surface area (Å²) in [6, 6.07) is 0.444. The molecule has 1 aliphatic carbocycles. The Morgan fingerprint density at radius 1 is 1.75 bits per heavy atom. The molecule has 0 aliphatic heterocycles. The molecule has 1 rings (SSSR count). The fraction of sp³-hybridized carbons (Fsp3) is 0.667. The average Bonchev–Trinajstić information content (AvgIpc) is 2.42. The number of hydrogen-bond acceptors (Lipinski definition) is 2. The standard InChI is InChI=1S/C6H12N2/c1-8-3-2-5-4-6(5)7/h2-3,5-6,8H,4,7H2,1H3/b3-2+. The molecule has 0 spiro atoms. The molecule has 0 amide bonds. The molecule has 0 heterocycles. The van der Waals surface area contributed by atoms with Crippen LogP contribution >= 0.6 is 0 Å². The molecule has 0 aromatic carbocycles. The number of rotatable bonds is 2. The maximum atomic E-state index is 5.53. The van der Waals surface area contributed by atoms with Crippen LogP contribution in [0.3, 0.4) is 0 Å². The lowest BCUT2D eigenvalue weighted by Crippen LogP contribution is -2.00. The molecule has 2 heteroatoms. The van der Waals surface area contributed by atoms with Crippen molar-refractivity contribution in [1.82, 2.24) is 5.32 Å². The first-order valence-corrected chi connectivity index (χ1v) is 2.94. The van der Waals surface area contributed by atoms with Gasteiger partial charge in [0.05, 0.1) is 0 Å². The summed E-state index contributed by atoms with van der Waals surface area (Å²) < 4.78 is 0. The van der Waals surface area contributed by atoms with E-state index >= 15 is 0 Å². The Morgan fingerprint density at radius 2 is 2.38 bits per heavy atom. The first-order valence-electron chi connectivity index (χ1n) is 2.94. The average molecular weight is 112 g/mol. The van der Waals surface area contributed by atoms with Crippen molar-refractivity contribution in [2.45, 2.75) is 12.5 Å². The second-order valence-corrected chi connectivity index (χ2v) is 2.21. The summed E-state index contributed by atoms with van der Waals surface area (Å²) in [5.41, 5.74) is 5.53. The Morgan fingerprint density at radius 3 is 2.75 bits per heavy atom. The van der Waals surface area contributed by atoms with Crippen LogP contribution in [0.15, 0.2) is 12.3 Å². The van der Waals surface area contributed by atoms with Gasteiger partial charge in [0, 0.05) is 13.1 Å². The first kappa shape index (κ1) is 5.63. The van der Waals surface area contributed by atoms with Gasteiger partial charge in [0.1, 0.15) is 0 Å². The Hall–Kier alpha value is -0.500. The zero-order valence-electron chi connectivity index (χ0n) is 5.09. The van der Waals surface area contributed by atoms with E-state index in [-0.39, 0.29) is 0 Å². The van der Waals surface area contributed by atoms with Gasteiger partial charge >= 0.3 is 0 Å². The zero-order chi connectivity index (χ0) is 5.98. The Balaban J connectivity index is 2.12. The van der Waals surface area contributed by atoms with E-state index in [2.05, 4.69) is 11.4 Å². The molecule has 1 aliphatic rings. The lowest BCUT2D eigenvalue weighted by Gasteiger charge is -1.83. The Kier molecular flexibility index (Phi) is 1.53. The molecule has 2 atom stereocenters. The van der Waals surface area contributed by atoms with Crippen molar-refractivity contribution in [3.63, 3.8) is 0 Å². The second kappa shape index (κ2) is 2.18. The molecular weight excluding hydrogens is 100 g/mol. The third-order valence-electron chi connectivity index (χ3n) is 1.40. The summed E-state index contributed by atoms with van der Waals surface area (Å²) in [5, 5.41) is 2.92. The van der Waals surface area contributed by atoms with Crippen LogP contribution in [0.2, 0.25) is 0 Å². The zero-order valence-corrected chi connectivity index (χ0v) is 5.09. The van der Waals surface area contributed by atoms with Crippen molar-refractivity contribution in [2.24, 2.45) is 11.7 Å². The van der Waals surface area contributed by atoms with Crippen molar-refractivity contribution >= 4 is 0 Å². The van der Waals surface area contributed by atoms with Crippen LogP contribution in [0.25, 0.3) is 0 Å². The normalized spacial score (nSPS) is 35.8. The third kappa shape index (κ3) is 1.23. The first-order chi connectivity index (χ1) is 3.84. The molecule has 3 N–H and O–H groups in total. The fourth-order valence-corrected chi connectivity index (χ4v) is 0.677. The van der Waals surface area contributed by atoms with Gasteiger partial charge in [-0.2, -0.15) is 0 Å². The van der Waals surface area contributed by atoms with Crippen LogP contribution in [0.1, 0.15) is 6.42 Å². The summed E-state index contributed by atoms with van der Waals surface area (Å²) in [4.78, 5) is 0. The van der Waals surface area contributed by atoms with Crippen LogP contribution in [0.4, 0.5) is 0 Å². The van der Waals surface area contributed by atoms with Crippen LogP contribution in [-0.4, -0.2) is 13.1 Å². The largest absolute Gasteiger partial charge is 0.394 e. The van der Waals surface area contributed by atoms with E-state index in [0.29, 0.717) is 12.0 Å². The fourth-order valence-electron chi connectivity index (χ4n) is 0.677. The summed E-state index contributed by atoms with van der Waals surface area (Å²) in [7, 11) is 1.89. The van der Waals surface area contributed by atoms with E-state index in [1.165, 1.54) is 0 Å². The minimum absolute atomic E-state index is 0.444. The molecule has 0 bridgehead atoms. The summed E-state index contributed by atoms with van der Waals surface area (Å²) in [6.45, 7) is 0. The van der Waals surface area contributed by atoms with Gasteiger partial charge < -0.3 is 11.1 Å². The van der Waals surface area contributed by atoms with E-state index in [4.69, 9.17) is 5.73 Å². The van der Waals surface area contributed by atoms with Gasteiger partial charge in [-0.1, -0.05) is 6.08 Å². The highest BCUT2D eigenvalue weighted by molar-refractivity contribution is 5.03. The van der Waals surface area contributed by atoms with Crippen LogP contribution in [0.5, 0.6) is 0 Å². The third-order valence-corrected chi connectivity index (χ3v) is 1.40. The highest BCUT2D eigenvalue weighted by Gasteiger charge is 2.30. The summed E-state index contributed by atoms with van der Waals surface area (Å²) in [5.74, 6) is 0.655. The van der Waals surface area contributed by atoms with Crippen molar-refractivity contribution in [3.8, 4) is 0 Å². The van der Waals surface area contributed by atoms with Gasteiger partial charge in [-0.15, -0.1) is 0 Å². The molecule has 8 heavy (non-hydrogen) atoms. The van der Waals surface area contributed by atoms with Crippen molar-refractivity contribution in [3.05, 3.63) is 12.3 Å². The topological polar surface area (TPSA) is 38.0 Å². The SMILES string of the molecule is CN/C=C/C1CC1N. The van der Waals surface area contributed by atoms with Crippen molar-refractivity contribution in [2.75, 3.05) is 7.05 Å². The molecule has 0 aromatic heterocycles. The second-order valence-electron chi connectivity index (χ2n) is 2.21. The van der Waals surface area contributed by atoms with Crippen molar-refractivity contribution in [1.29, 1.82) is 0 Å². The van der Waals surface area contributed by atoms with Gasteiger partial charge in [-0.3, -0.25) is 0 Å². The van der Waals surface area contributed by atoms with Gasteiger partial charge in [-0.05, 0) is 18.5 Å². The lowest BCUT2D eigenvalue weighted by atomic mass is 10.4. The predicted molar refractivity (Wildman–Crippen MR) is 34.3 cm³/mol. The quantitative estimate of drug-likeness (QED) is 0.530. The van der Waals surface area contributed by atoms with Gasteiger partial charge in [0.2, 0.25) is 0 Å². The highest BCUT2D eigenvalue weighted by Crippen LogP contribution is 2.28. The van der Waals surface area contributed by atoms with E-state index in [1.807, 2.05) is 13.2 Å². The minimum atomic E-state index is 0.444. The molecule has 46 valence electrons. The van der Waals surface area contributed by atoms with E-state index in [0.717, 1.165) is 6.42 Å². The Labute approximate surface area is 49.8 Å². The van der Waals surface area contributed by atoms with Crippen molar-refractivity contribution < 1.29 is 0 Å². The smallest absolute Gasteiger partial charge is 0.0109 e. The van der Waals surface area contributed by atoms with Crippen LogP contribution < -0.4 is 11.1 Å². The summed E-state index contributed by atoms with van der Waals surface area (Å²) >= 11 is 0. The predicted octanol–water partition coefficient (Wildman–Crippen LogP) is 0.0667. The molecular formula is C6H12N2. The molecule has 2 nitrogen and oxygen atoms in total. The monoisotopic (exact) mass is 112 g/mol. The molecule has 1 fully saturated rings. The van der Waals surface area contributed by atoms with E-state index in [1.54, 1.807) is 0 Å². The molecule has 2 unspecified atom stereocenters. The lowest BCUT2D eigenvalue weighted by molar-refractivity contribution is 0.958. The van der Waals surface area contributed by atoms with Crippen LogP contribution in [-0.2, 0) is 0 Å². The Bertz CT molecular complexity index is 98.7. The van der Waals surface area contributed by atoms with E-state index in [9.17, 15) is 0 Å². The molecule has 0 saturated heterocycles. The van der Waals surface area contributed by atoms with Gasteiger partial charge in [0.15, 0.2) is 0 Å². The highest BCUT2D eigenvalue weighted by atomic mass is 14.8. The number of nitrogens with one attached hydrogen (secondary N) is 1. The maximum absolute atomic E-state index is 5.53. The molecule has 0 aromatic rings.